The third kappa shape index (κ3) is 3.33. The maximum atomic E-state index is 8.92. The van der Waals surface area contributed by atoms with E-state index in [0.717, 1.165) is 18.4 Å². The number of nitrogens with zero attached hydrogens (tertiary/aromatic N) is 3. The highest BCUT2D eigenvalue weighted by molar-refractivity contribution is 5.66. The first-order valence-electron chi connectivity index (χ1n) is 8.56. The van der Waals surface area contributed by atoms with Gasteiger partial charge in [0.25, 0.3) is 0 Å². The largest absolute Gasteiger partial charge is 0.475 e. The van der Waals surface area contributed by atoms with Crippen molar-refractivity contribution >= 4 is 5.69 Å². The molecule has 0 aliphatic carbocycles. The van der Waals surface area contributed by atoms with Gasteiger partial charge in [0.15, 0.2) is 5.69 Å². The molecule has 0 radical (unpaired) electrons. The molecule has 4 rings (SSSR count). The van der Waals surface area contributed by atoms with Crippen LogP contribution < -0.4 is 10.1 Å². The minimum absolute atomic E-state index is 0.154. The average Bonchev–Trinajstić information content (AvgIpc) is 2.99. The summed E-state index contributed by atoms with van der Waals surface area (Å²) in [5.41, 5.74) is 2.69. The Morgan fingerprint density at radius 2 is 1.88 bits per heavy atom. The van der Waals surface area contributed by atoms with Gasteiger partial charge in [0, 0.05) is 18.2 Å². The lowest BCUT2D eigenvalue weighted by Crippen LogP contribution is -2.42. The van der Waals surface area contributed by atoms with E-state index in [4.69, 9.17) is 16.6 Å². The summed E-state index contributed by atoms with van der Waals surface area (Å²) in [5, 5.41) is 12.5. The van der Waals surface area contributed by atoms with Crippen molar-refractivity contribution in [3.63, 3.8) is 0 Å². The maximum Gasteiger partial charge on any atom is 0.203 e. The molecule has 2 aliphatic heterocycles. The summed E-state index contributed by atoms with van der Waals surface area (Å²) in [6.45, 7) is 7.35. The highest BCUT2D eigenvalue weighted by Crippen LogP contribution is 2.32. The lowest BCUT2D eigenvalue weighted by Gasteiger charge is -2.29. The smallest absolute Gasteiger partial charge is 0.203 e. The van der Waals surface area contributed by atoms with Crippen LogP contribution in [0, 0.1) is 17.9 Å². The quantitative estimate of drug-likeness (QED) is 0.869. The SMILES string of the molecule is [C-]#[N+]c1cc(OC2C[C@H]3CC[C@@H](C2)N3)nc(-c2ccc(C#N)cc2)c1. The molecule has 25 heavy (non-hydrogen) atoms. The lowest BCUT2D eigenvalue weighted by atomic mass is 10.0. The van der Waals surface area contributed by atoms with Crippen molar-refractivity contribution in [1.82, 2.24) is 10.3 Å². The van der Waals surface area contributed by atoms with Gasteiger partial charge >= 0.3 is 0 Å². The van der Waals surface area contributed by atoms with Gasteiger partial charge in [-0.05, 0) is 49.4 Å². The van der Waals surface area contributed by atoms with Gasteiger partial charge in [-0.3, -0.25) is 0 Å². The van der Waals surface area contributed by atoms with Gasteiger partial charge < -0.3 is 10.1 Å². The molecule has 3 heterocycles. The Hall–Kier alpha value is -2.89. The van der Waals surface area contributed by atoms with E-state index in [-0.39, 0.29) is 6.10 Å². The Kier molecular flexibility index (Phi) is 4.09. The van der Waals surface area contributed by atoms with E-state index in [1.807, 2.05) is 12.1 Å². The average molecular weight is 330 g/mol. The zero-order valence-electron chi connectivity index (χ0n) is 13.8. The van der Waals surface area contributed by atoms with Crippen molar-refractivity contribution in [3.8, 4) is 23.2 Å². The van der Waals surface area contributed by atoms with Crippen molar-refractivity contribution < 1.29 is 4.74 Å². The van der Waals surface area contributed by atoms with Crippen molar-refractivity contribution in [2.24, 2.45) is 0 Å². The molecule has 5 heteroatoms. The predicted octanol–water partition coefficient (Wildman–Crippen LogP) is 3.83. The van der Waals surface area contributed by atoms with Crippen molar-refractivity contribution in [2.45, 2.75) is 43.9 Å². The van der Waals surface area contributed by atoms with Crippen LogP contribution in [-0.4, -0.2) is 23.2 Å². The molecule has 2 saturated heterocycles. The normalized spacial score (nSPS) is 24.3. The molecule has 5 nitrogen and oxygen atoms in total. The number of nitrogens with one attached hydrogen (secondary N) is 1. The standard InChI is InChI=1S/C20H18N4O/c1-22-17-10-19(14-4-2-13(12-21)3-5-14)24-20(11-17)25-18-8-15-6-7-16(9-18)23-15/h2-5,10-11,15-16,18,23H,6-9H2/t15-,16+,18?. The third-order valence-corrected chi connectivity index (χ3v) is 4.94. The number of ether oxygens (including phenoxy) is 1. The number of nitriles is 1. The molecule has 1 aromatic carbocycles. The first kappa shape index (κ1) is 15.6. The second kappa shape index (κ2) is 6.55. The third-order valence-electron chi connectivity index (χ3n) is 4.94. The van der Waals surface area contributed by atoms with E-state index in [1.165, 1.54) is 12.8 Å². The van der Waals surface area contributed by atoms with Crippen LogP contribution in [0.2, 0.25) is 0 Å². The van der Waals surface area contributed by atoms with Crippen LogP contribution in [0.15, 0.2) is 36.4 Å². The van der Waals surface area contributed by atoms with E-state index in [0.29, 0.717) is 34.9 Å². The summed E-state index contributed by atoms with van der Waals surface area (Å²) in [4.78, 5) is 8.15. The Bertz CT molecular complexity index is 851. The first-order valence-corrected chi connectivity index (χ1v) is 8.56. The maximum absolute atomic E-state index is 8.92. The number of benzene rings is 1. The van der Waals surface area contributed by atoms with E-state index in [1.54, 1.807) is 24.3 Å². The molecule has 0 spiro atoms. The van der Waals surface area contributed by atoms with E-state index in [9.17, 15) is 0 Å². The lowest BCUT2D eigenvalue weighted by molar-refractivity contribution is 0.132. The minimum Gasteiger partial charge on any atom is -0.475 e. The molecule has 0 amide bonds. The first-order chi connectivity index (χ1) is 12.2. The Morgan fingerprint density at radius 3 is 2.52 bits per heavy atom. The summed E-state index contributed by atoms with van der Waals surface area (Å²) >= 11 is 0. The summed E-state index contributed by atoms with van der Waals surface area (Å²) in [6, 6.07) is 13.9. The Balaban J connectivity index is 1.60. The highest BCUT2D eigenvalue weighted by atomic mass is 16.5. The van der Waals surface area contributed by atoms with Gasteiger partial charge in [-0.15, -0.1) is 0 Å². The van der Waals surface area contributed by atoms with Gasteiger partial charge in [0.05, 0.1) is 23.9 Å². The summed E-state index contributed by atoms with van der Waals surface area (Å²) in [5.74, 6) is 0.513. The molecule has 2 bridgehead atoms. The van der Waals surface area contributed by atoms with Gasteiger partial charge in [-0.2, -0.15) is 5.26 Å². The van der Waals surface area contributed by atoms with Crippen LogP contribution in [0.4, 0.5) is 5.69 Å². The molecule has 2 fully saturated rings. The number of aromatic nitrogens is 1. The topological polar surface area (TPSA) is 62.3 Å². The fraction of sp³-hybridized carbons (Fsp3) is 0.350. The fourth-order valence-corrected chi connectivity index (χ4v) is 3.75. The predicted molar refractivity (Wildman–Crippen MR) is 94.2 cm³/mol. The van der Waals surface area contributed by atoms with Gasteiger partial charge in [-0.1, -0.05) is 12.1 Å². The molecule has 1 unspecified atom stereocenters. The zero-order chi connectivity index (χ0) is 17.2. The molecule has 124 valence electrons. The fourth-order valence-electron chi connectivity index (χ4n) is 3.75. The second-order valence-corrected chi connectivity index (χ2v) is 6.70. The van der Waals surface area contributed by atoms with Crippen LogP contribution in [0.5, 0.6) is 5.88 Å². The Morgan fingerprint density at radius 1 is 1.16 bits per heavy atom. The zero-order valence-corrected chi connectivity index (χ0v) is 13.8. The van der Waals surface area contributed by atoms with Crippen LogP contribution in [0.1, 0.15) is 31.2 Å². The molecular weight excluding hydrogens is 312 g/mol. The molecule has 1 N–H and O–H groups in total. The van der Waals surface area contributed by atoms with Crippen LogP contribution in [-0.2, 0) is 0 Å². The summed E-state index contributed by atoms with van der Waals surface area (Å²) < 4.78 is 6.14. The molecule has 2 aromatic rings. The van der Waals surface area contributed by atoms with E-state index in [2.05, 4.69) is 21.2 Å². The summed E-state index contributed by atoms with van der Waals surface area (Å²) in [6.07, 6.45) is 4.58. The van der Waals surface area contributed by atoms with Crippen molar-refractivity contribution in [2.75, 3.05) is 0 Å². The van der Waals surface area contributed by atoms with Crippen LogP contribution in [0.25, 0.3) is 16.1 Å². The monoisotopic (exact) mass is 330 g/mol. The van der Waals surface area contributed by atoms with Crippen molar-refractivity contribution in [1.29, 1.82) is 5.26 Å². The molecule has 3 atom stereocenters. The number of rotatable bonds is 3. The number of hydrogen-bond acceptors (Lipinski definition) is 4. The number of fused-ring (bicyclic) bond motifs is 2. The number of pyridine rings is 1. The van der Waals surface area contributed by atoms with Gasteiger partial charge in [0.2, 0.25) is 5.88 Å². The molecule has 0 saturated carbocycles. The molecular formula is C20H18N4O. The highest BCUT2D eigenvalue weighted by Gasteiger charge is 2.34. The van der Waals surface area contributed by atoms with E-state index >= 15 is 0 Å². The van der Waals surface area contributed by atoms with Crippen LogP contribution >= 0.6 is 0 Å². The summed E-state index contributed by atoms with van der Waals surface area (Å²) in [7, 11) is 0. The number of piperidine rings is 1. The molecule has 2 aliphatic rings. The Labute approximate surface area is 147 Å². The molecule has 1 aromatic heterocycles. The van der Waals surface area contributed by atoms with Crippen molar-refractivity contribution in [3.05, 3.63) is 53.4 Å². The van der Waals surface area contributed by atoms with Gasteiger partial charge in [-0.25, -0.2) is 9.83 Å². The van der Waals surface area contributed by atoms with E-state index < -0.39 is 0 Å². The van der Waals surface area contributed by atoms with Crippen LogP contribution in [0.3, 0.4) is 0 Å². The minimum atomic E-state index is 0.154. The second-order valence-electron chi connectivity index (χ2n) is 6.70. The number of hydrogen-bond donors (Lipinski definition) is 1. The van der Waals surface area contributed by atoms with Gasteiger partial charge in [0.1, 0.15) is 6.10 Å².